The number of fused-ring (bicyclic) bond motifs is 2. The predicted octanol–water partition coefficient (Wildman–Crippen LogP) is 3.35. The third-order valence-corrected chi connectivity index (χ3v) is 6.75. The summed E-state index contributed by atoms with van der Waals surface area (Å²) in [4.78, 5) is 24.5. The smallest absolute Gasteiger partial charge is 0.255 e. The lowest BCUT2D eigenvalue weighted by Crippen LogP contribution is -2.53. The van der Waals surface area contributed by atoms with E-state index in [9.17, 15) is 4.79 Å². The number of nitrogens with one attached hydrogen (secondary N) is 1. The van der Waals surface area contributed by atoms with Crippen LogP contribution in [0.1, 0.15) is 51.0 Å². The number of nitrogens with zero attached hydrogens (tertiary/aromatic N) is 4. The first-order chi connectivity index (χ1) is 14.5. The van der Waals surface area contributed by atoms with Crippen molar-refractivity contribution in [3.8, 4) is 0 Å². The molecule has 1 atom stereocenters. The molecule has 4 rings (SSSR count). The molecule has 1 spiro atoms. The molecule has 2 aliphatic heterocycles. The lowest BCUT2D eigenvalue weighted by atomic mass is 9.87. The number of anilines is 1. The number of piperidine rings is 1. The summed E-state index contributed by atoms with van der Waals surface area (Å²) in [7, 11) is 0. The van der Waals surface area contributed by atoms with Gasteiger partial charge in [-0.15, -0.1) is 0 Å². The molecule has 1 amide bonds. The average molecular weight is 412 g/mol. The van der Waals surface area contributed by atoms with Crippen LogP contribution in [0.2, 0.25) is 0 Å². The number of hydrogen-bond acceptors (Lipinski definition) is 5. The Kier molecular flexibility index (Phi) is 6.20. The van der Waals surface area contributed by atoms with E-state index >= 15 is 0 Å². The van der Waals surface area contributed by atoms with Crippen molar-refractivity contribution in [3.05, 3.63) is 42.2 Å². The summed E-state index contributed by atoms with van der Waals surface area (Å²) in [5.74, 6) is 1.59. The highest BCUT2D eigenvalue weighted by molar-refractivity contribution is 5.94. The highest BCUT2D eigenvalue weighted by atomic mass is 16.5. The van der Waals surface area contributed by atoms with Crippen LogP contribution >= 0.6 is 0 Å². The maximum atomic E-state index is 13.1. The lowest BCUT2D eigenvalue weighted by Gasteiger charge is -2.46. The van der Waals surface area contributed by atoms with E-state index in [0.717, 1.165) is 55.6 Å². The maximum Gasteiger partial charge on any atom is 0.255 e. The molecule has 0 radical (unpaired) electrons. The van der Waals surface area contributed by atoms with Crippen molar-refractivity contribution in [1.29, 1.82) is 0 Å². The Bertz CT molecular complexity index is 868. The summed E-state index contributed by atoms with van der Waals surface area (Å²) < 4.78 is 8.63. The van der Waals surface area contributed by atoms with E-state index in [-0.39, 0.29) is 5.91 Å². The molecule has 4 heterocycles. The van der Waals surface area contributed by atoms with Gasteiger partial charge in [-0.2, -0.15) is 0 Å². The third-order valence-electron chi connectivity index (χ3n) is 6.75. The Labute approximate surface area is 178 Å². The summed E-state index contributed by atoms with van der Waals surface area (Å²) in [5.41, 5.74) is 1.05. The second-order valence-electron chi connectivity index (χ2n) is 8.61. The van der Waals surface area contributed by atoms with Gasteiger partial charge in [0.15, 0.2) is 6.10 Å². The zero-order chi connectivity index (χ0) is 21.1. The molecular formula is C23H33N5O2. The van der Waals surface area contributed by atoms with Gasteiger partial charge in [0.1, 0.15) is 11.4 Å². The Balaban J connectivity index is 1.48. The Morgan fingerprint density at radius 1 is 1.27 bits per heavy atom. The zero-order valence-corrected chi connectivity index (χ0v) is 18.3. The van der Waals surface area contributed by atoms with Gasteiger partial charge < -0.3 is 19.5 Å². The number of carbonyl (C=O) groups is 1. The molecule has 2 aromatic rings. The fourth-order valence-electron chi connectivity index (χ4n) is 4.71. The molecule has 0 aromatic carbocycles. The van der Waals surface area contributed by atoms with E-state index in [1.54, 1.807) is 6.20 Å². The van der Waals surface area contributed by atoms with Gasteiger partial charge in [0.05, 0.1) is 17.9 Å². The molecule has 1 unspecified atom stereocenters. The minimum absolute atomic E-state index is 0.121. The van der Waals surface area contributed by atoms with Gasteiger partial charge in [0.2, 0.25) is 0 Å². The summed E-state index contributed by atoms with van der Waals surface area (Å²) in [6.07, 6.45) is 9.12. The van der Waals surface area contributed by atoms with Crippen LogP contribution in [0.3, 0.4) is 0 Å². The quantitative estimate of drug-likeness (QED) is 0.789. The van der Waals surface area contributed by atoms with E-state index in [2.05, 4.69) is 38.6 Å². The summed E-state index contributed by atoms with van der Waals surface area (Å²) >= 11 is 0. The normalized spacial score (nSPS) is 21.0. The molecule has 2 aliphatic rings. The first kappa shape index (κ1) is 21.0. The van der Waals surface area contributed by atoms with Crippen LogP contribution < -0.4 is 5.32 Å². The van der Waals surface area contributed by atoms with E-state index in [1.165, 1.54) is 12.8 Å². The van der Waals surface area contributed by atoms with E-state index < -0.39 is 11.7 Å². The van der Waals surface area contributed by atoms with Crippen LogP contribution in [-0.2, 0) is 21.7 Å². The summed E-state index contributed by atoms with van der Waals surface area (Å²) in [6.45, 7) is 10.0. The number of ether oxygens (including phenoxy) is 1. The van der Waals surface area contributed by atoms with Crippen LogP contribution in [0, 0.1) is 12.8 Å². The highest BCUT2D eigenvalue weighted by Crippen LogP contribution is 2.40. The molecule has 1 fully saturated rings. The topological polar surface area (TPSA) is 72.3 Å². The standard InChI is InChI=1S/C23H33N5O2/c1-4-18(5-2)15-27-12-8-23(9-13-27)22-25-11-14-28(22)16-20(30-23)21(29)26-19-7-6-10-24-17(19)3/h6-7,10-11,14,18,20H,4-5,8-9,12-13,15-16H2,1-3H3,(H,26,29). The minimum atomic E-state index is -0.545. The first-order valence-electron chi connectivity index (χ1n) is 11.2. The Morgan fingerprint density at radius 3 is 2.73 bits per heavy atom. The molecule has 7 nitrogen and oxygen atoms in total. The van der Waals surface area contributed by atoms with Crippen molar-refractivity contribution in [3.63, 3.8) is 0 Å². The van der Waals surface area contributed by atoms with E-state index in [0.29, 0.717) is 6.54 Å². The van der Waals surface area contributed by atoms with E-state index in [1.807, 2.05) is 31.5 Å². The van der Waals surface area contributed by atoms with Crippen LogP contribution in [0.15, 0.2) is 30.7 Å². The van der Waals surface area contributed by atoms with Crippen molar-refractivity contribution >= 4 is 11.6 Å². The summed E-state index contributed by atoms with van der Waals surface area (Å²) in [6, 6.07) is 3.70. The molecule has 0 saturated carbocycles. The Hall–Kier alpha value is -2.25. The van der Waals surface area contributed by atoms with Gasteiger partial charge in [-0.25, -0.2) is 4.98 Å². The van der Waals surface area contributed by atoms with Gasteiger partial charge in [-0.1, -0.05) is 26.7 Å². The number of likely N-dealkylation sites (tertiary alicyclic amines) is 1. The molecule has 0 aliphatic carbocycles. The lowest BCUT2D eigenvalue weighted by molar-refractivity contribution is -0.170. The molecule has 1 saturated heterocycles. The van der Waals surface area contributed by atoms with Gasteiger partial charge in [-0.3, -0.25) is 9.78 Å². The monoisotopic (exact) mass is 411 g/mol. The fraction of sp³-hybridized carbons (Fsp3) is 0.609. The van der Waals surface area contributed by atoms with Crippen LogP contribution in [0.5, 0.6) is 0 Å². The fourth-order valence-corrected chi connectivity index (χ4v) is 4.71. The highest BCUT2D eigenvalue weighted by Gasteiger charge is 2.47. The van der Waals surface area contributed by atoms with Gasteiger partial charge >= 0.3 is 0 Å². The molecule has 162 valence electrons. The van der Waals surface area contributed by atoms with Crippen molar-refractivity contribution in [2.75, 3.05) is 25.0 Å². The first-order valence-corrected chi connectivity index (χ1v) is 11.2. The van der Waals surface area contributed by atoms with Gasteiger partial charge in [0, 0.05) is 38.2 Å². The number of hydrogen-bond donors (Lipinski definition) is 1. The summed E-state index contributed by atoms with van der Waals surface area (Å²) in [5, 5.41) is 3.00. The number of rotatable bonds is 6. The van der Waals surface area contributed by atoms with Gasteiger partial charge in [-0.05, 0) is 37.8 Å². The predicted molar refractivity (Wildman–Crippen MR) is 116 cm³/mol. The number of aryl methyl sites for hydroxylation is 1. The molecule has 0 bridgehead atoms. The van der Waals surface area contributed by atoms with E-state index in [4.69, 9.17) is 4.74 Å². The second kappa shape index (κ2) is 8.86. The number of aromatic nitrogens is 3. The second-order valence-corrected chi connectivity index (χ2v) is 8.61. The third kappa shape index (κ3) is 4.14. The number of pyridine rings is 1. The van der Waals surface area contributed by atoms with Crippen molar-refractivity contribution in [2.24, 2.45) is 5.92 Å². The van der Waals surface area contributed by atoms with Gasteiger partial charge in [0.25, 0.3) is 5.91 Å². The number of amides is 1. The Morgan fingerprint density at radius 2 is 2.03 bits per heavy atom. The van der Waals surface area contributed by atoms with Crippen molar-refractivity contribution in [1.82, 2.24) is 19.4 Å². The number of carbonyl (C=O) groups excluding carboxylic acids is 1. The molecule has 2 aromatic heterocycles. The number of imidazole rings is 1. The molecular weight excluding hydrogens is 378 g/mol. The zero-order valence-electron chi connectivity index (χ0n) is 18.3. The molecule has 30 heavy (non-hydrogen) atoms. The minimum Gasteiger partial charge on any atom is -0.352 e. The SMILES string of the molecule is CCC(CC)CN1CCC2(CC1)OC(C(=O)Nc1cccnc1C)Cn1ccnc12. The van der Waals surface area contributed by atoms with Crippen LogP contribution in [0.4, 0.5) is 5.69 Å². The van der Waals surface area contributed by atoms with Crippen molar-refractivity contribution in [2.45, 2.75) is 64.7 Å². The average Bonchev–Trinajstić information content (AvgIpc) is 3.25. The molecule has 1 N–H and O–H groups in total. The van der Waals surface area contributed by atoms with Crippen molar-refractivity contribution < 1.29 is 9.53 Å². The van der Waals surface area contributed by atoms with Crippen LogP contribution in [0.25, 0.3) is 0 Å². The van der Waals surface area contributed by atoms with Crippen LogP contribution in [-0.4, -0.2) is 51.1 Å². The maximum absolute atomic E-state index is 13.1. The molecule has 7 heteroatoms. The largest absolute Gasteiger partial charge is 0.352 e.